The molecule has 2 atom stereocenters. The Morgan fingerprint density at radius 3 is 1.43 bits per heavy atom. The van der Waals surface area contributed by atoms with Gasteiger partial charge in [-0.15, -0.1) is 0 Å². The van der Waals surface area contributed by atoms with E-state index < -0.39 is 20.7 Å². The summed E-state index contributed by atoms with van der Waals surface area (Å²) in [6, 6.07) is 5.88. The molecule has 1 aliphatic heterocycles. The zero-order valence-corrected chi connectivity index (χ0v) is 26.9. The van der Waals surface area contributed by atoms with Gasteiger partial charge in [-0.2, -0.15) is 0 Å². The van der Waals surface area contributed by atoms with E-state index in [2.05, 4.69) is 7.18 Å². The van der Waals surface area contributed by atoms with Crippen LogP contribution in [0.15, 0.2) is 24.3 Å². The molecule has 0 amide bonds. The van der Waals surface area contributed by atoms with Crippen LogP contribution in [0.3, 0.4) is 0 Å². The summed E-state index contributed by atoms with van der Waals surface area (Å²) >= 11 is 0.0520. The summed E-state index contributed by atoms with van der Waals surface area (Å²) in [5, 5.41) is 45.6. The Labute approximate surface area is 257 Å². The number of nitro benzene ring substituents is 2. The van der Waals surface area contributed by atoms with Gasteiger partial charge in [0, 0.05) is 0 Å². The fourth-order valence-corrected chi connectivity index (χ4v) is 7.05. The summed E-state index contributed by atoms with van der Waals surface area (Å²) in [6.45, 7) is 11.4. The van der Waals surface area contributed by atoms with E-state index in [9.17, 15) is 30.4 Å². The van der Waals surface area contributed by atoms with Crippen LogP contribution in [0.2, 0.25) is 0 Å². The van der Waals surface area contributed by atoms with Gasteiger partial charge in [0.15, 0.2) is 0 Å². The summed E-state index contributed by atoms with van der Waals surface area (Å²) < 4.78 is 4.24. The maximum Gasteiger partial charge on any atom is -1.00 e. The van der Waals surface area contributed by atoms with E-state index >= 15 is 0 Å². The molecule has 0 radical (unpaired) electrons. The Morgan fingerprint density at radius 1 is 0.775 bits per heavy atom. The summed E-state index contributed by atoms with van der Waals surface area (Å²) in [7, 11) is 0. The van der Waals surface area contributed by atoms with Gasteiger partial charge in [0.1, 0.15) is 0 Å². The number of phenols is 2. The topological polar surface area (TPSA) is 133 Å². The van der Waals surface area contributed by atoms with Crippen LogP contribution in [0.4, 0.5) is 11.4 Å². The predicted molar refractivity (Wildman–Crippen MR) is 144 cm³/mol. The smallest absolute Gasteiger partial charge is 1.00 e. The molecule has 2 fully saturated rings. The quantitative estimate of drug-likeness (QED) is 0.217. The molecule has 4 rings (SSSR count). The summed E-state index contributed by atoms with van der Waals surface area (Å²) in [4.78, 5) is 22.5. The van der Waals surface area contributed by atoms with Crippen molar-refractivity contribution < 1.29 is 66.6 Å². The van der Waals surface area contributed by atoms with Gasteiger partial charge in [-0.05, 0) is 0 Å². The minimum absolute atomic E-state index is 0. The van der Waals surface area contributed by atoms with Crippen LogP contribution in [0, 0.1) is 20.2 Å². The van der Waals surface area contributed by atoms with Gasteiger partial charge >= 0.3 is 235 Å². The van der Waals surface area contributed by atoms with Crippen molar-refractivity contribution in [2.75, 3.05) is 0 Å². The van der Waals surface area contributed by atoms with Crippen molar-refractivity contribution in [2.45, 2.75) is 90.1 Å². The summed E-state index contributed by atoms with van der Waals surface area (Å²) in [5.41, 5.74) is 0.645. The number of halogens is 1. The first kappa shape index (κ1) is 32.0. The number of hydrogen-bond acceptors (Lipinski definition) is 6. The van der Waals surface area contributed by atoms with Crippen LogP contribution in [-0.4, -0.2) is 51.8 Å². The van der Waals surface area contributed by atoms with Gasteiger partial charge in [-0.25, -0.2) is 0 Å². The number of non-ortho nitro benzene ring substituents is 2. The molecule has 2 aromatic rings. The molecular weight excluding hydrogens is 670 g/mol. The van der Waals surface area contributed by atoms with Crippen molar-refractivity contribution in [1.82, 2.24) is 0 Å². The number of nitro groups is 2. The average molecular weight is 706 g/mol. The Hall–Kier alpha value is -2.57. The second-order valence-corrected chi connectivity index (χ2v) is 13.8. The molecule has 217 valence electrons. The monoisotopic (exact) mass is 706 g/mol. The third kappa shape index (κ3) is 6.49. The third-order valence-electron chi connectivity index (χ3n) is 7.31. The first-order chi connectivity index (χ1) is 18.1. The molecule has 2 N–H and O–H groups in total. The van der Waals surface area contributed by atoms with Gasteiger partial charge in [0.25, 0.3) is 0 Å². The van der Waals surface area contributed by atoms with Crippen molar-refractivity contribution in [3.63, 3.8) is 0 Å². The second-order valence-electron chi connectivity index (χ2n) is 12.3. The first-order valence-corrected chi connectivity index (χ1v) is 14.1. The van der Waals surface area contributed by atoms with Gasteiger partial charge in [0.05, 0.1) is 0 Å². The van der Waals surface area contributed by atoms with Crippen molar-refractivity contribution in [3.05, 3.63) is 66.7 Å². The fraction of sp³-hybridized carbons (Fsp3) is 0.500. The molecule has 0 aromatic heterocycles. The van der Waals surface area contributed by atoms with Crippen LogP contribution < -0.4 is 24.0 Å². The molecule has 0 bridgehead atoms. The molecule has 0 spiro atoms. The zero-order valence-electron chi connectivity index (χ0n) is 23.5. The van der Waals surface area contributed by atoms with E-state index in [0.29, 0.717) is 22.3 Å². The van der Waals surface area contributed by atoms with Crippen LogP contribution in [-0.2, 0) is 26.2 Å². The molecular formula is C28H36IMnN4O6+. The Bertz CT molecular complexity index is 1310. The predicted octanol–water partition coefficient (Wildman–Crippen LogP) is 2.31. The fourth-order valence-electron chi connectivity index (χ4n) is 5.21. The van der Waals surface area contributed by atoms with E-state index in [1.807, 2.05) is 54.0 Å². The molecule has 0 unspecified atom stereocenters. The molecule has 1 saturated heterocycles. The first-order valence-electron chi connectivity index (χ1n) is 13.0. The van der Waals surface area contributed by atoms with Gasteiger partial charge in [-0.1, -0.05) is 0 Å². The van der Waals surface area contributed by atoms with Gasteiger partial charge in [0.2, 0.25) is 0 Å². The van der Waals surface area contributed by atoms with E-state index in [4.69, 9.17) is 0 Å². The standard InChI is InChI=1S/C28H36N4O6.HI.Mn/c1-27(2,3)21-13-19(31(35)36)11-17(25(21)33)15-29-23-9-7-8-10-24(23)30-16-18-12-20(32(37)38)14-22(26(18)34)28(4,5)6;;/h11-16,23-24,33-34H,7-10H2,1-6H3;1H;/q;;+2/p-1/t23-,24-;;/m1../s1. The van der Waals surface area contributed by atoms with E-state index in [0.717, 1.165) is 25.7 Å². The normalized spacial score (nSPS) is 21.2. The molecule has 2 aliphatic rings. The number of aromatic hydroxyl groups is 2. The maximum absolute atomic E-state index is 11.7. The third-order valence-corrected chi connectivity index (χ3v) is 8.95. The molecule has 2 aromatic carbocycles. The average Bonchev–Trinajstić information content (AvgIpc) is 3.17. The Balaban J connectivity index is 0.00000441. The zero-order chi connectivity index (χ0) is 28.9. The molecule has 1 aliphatic carbocycles. The van der Waals surface area contributed by atoms with E-state index in [1.165, 1.54) is 24.3 Å². The van der Waals surface area contributed by atoms with Crippen molar-refractivity contribution >= 4 is 23.8 Å². The van der Waals surface area contributed by atoms with Crippen molar-refractivity contribution in [2.24, 2.45) is 0 Å². The number of nitrogens with zero attached hydrogens (tertiary/aromatic N) is 4. The van der Waals surface area contributed by atoms with Crippen LogP contribution >= 0.6 is 0 Å². The number of fused-ring (bicyclic) bond motifs is 1. The minimum Gasteiger partial charge on any atom is -1.00 e. The molecule has 12 heteroatoms. The SMILES string of the molecule is CC(C)(C)c1cc([N+](=O)[O-])cc(C=[N+]2[Mn][N+](=Cc3cc([N+](=O)[O-])cc(C(C)(C)C)c3O)[C@@H]3CCCC[C@H]32)c1O.[I-]. The number of hydrogen-bond donors (Lipinski definition) is 2. The number of benzene rings is 2. The minimum atomic E-state index is -0.496. The van der Waals surface area contributed by atoms with E-state index in [1.54, 1.807) is 0 Å². The Kier molecular flexibility index (Phi) is 9.37. The van der Waals surface area contributed by atoms with Gasteiger partial charge < -0.3 is 24.0 Å². The van der Waals surface area contributed by atoms with Crippen molar-refractivity contribution in [1.29, 1.82) is 0 Å². The van der Waals surface area contributed by atoms with Crippen molar-refractivity contribution in [3.8, 4) is 11.5 Å². The van der Waals surface area contributed by atoms with Crippen LogP contribution in [0.5, 0.6) is 11.5 Å². The molecule has 10 nitrogen and oxygen atoms in total. The second kappa shape index (κ2) is 11.7. The van der Waals surface area contributed by atoms with Crippen LogP contribution in [0.1, 0.15) is 89.5 Å². The maximum atomic E-state index is 11.7. The van der Waals surface area contributed by atoms with Crippen LogP contribution in [0.25, 0.3) is 0 Å². The van der Waals surface area contributed by atoms with Gasteiger partial charge in [-0.3, -0.25) is 0 Å². The molecule has 40 heavy (non-hydrogen) atoms. The molecule has 1 heterocycles. The number of rotatable bonds is 4. The largest absolute Gasteiger partial charge is 1.00 e. The number of phenolic OH excluding ortho intramolecular Hbond substituents is 2. The summed E-state index contributed by atoms with van der Waals surface area (Å²) in [5.74, 6) is 0.0545. The van der Waals surface area contributed by atoms with E-state index in [-0.39, 0.29) is 74.3 Å². The molecule has 1 saturated carbocycles. The Morgan fingerprint density at radius 2 is 1.12 bits per heavy atom. The summed E-state index contributed by atoms with van der Waals surface area (Å²) in [6.07, 6.45) is 7.51.